The summed E-state index contributed by atoms with van der Waals surface area (Å²) in [5.74, 6) is -0.00157. The van der Waals surface area contributed by atoms with E-state index in [1.165, 1.54) is 6.33 Å². The lowest BCUT2D eigenvalue weighted by Gasteiger charge is -2.24. The number of carboxylic acids is 1. The minimum atomic E-state index is -0.701. The van der Waals surface area contributed by atoms with Crippen LogP contribution in [0.2, 0.25) is 0 Å². The Labute approximate surface area is 100 Å². The van der Waals surface area contributed by atoms with E-state index < -0.39 is 11.4 Å². The maximum Gasteiger partial charge on any atom is 0.311 e. The standard InChI is InChI=1S/C12H17N3O2/c1-9-6-10(15-8-14-9)13-7-12(11(16)17)4-2-3-5-12/h6,8H,2-5,7H2,1H3,(H,16,17)(H,13,14,15). The van der Waals surface area contributed by atoms with Gasteiger partial charge in [-0.1, -0.05) is 12.8 Å². The molecule has 1 aliphatic rings. The van der Waals surface area contributed by atoms with Gasteiger partial charge in [0.2, 0.25) is 0 Å². The lowest BCUT2D eigenvalue weighted by molar-refractivity contribution is -0.147. The van der Waals surface area contributed by atoms with Gasteiger partial charge < -0.3 is 10.4 Å². The first kappa shape index (κ1) is 11.8. The van der Waals surface area contributed by atoms with Crippen molar-refractivity contribution in [3.05, 3.63) is 18.1 Å². The summed E-state index contributed by atoms with van der Waals surface area (Å²) < 4.78 is 0. The number of aryl methyl sites for hydroxylation is 1. The Kier molecular flexibility index (Phi) is 3.26. The largest absolute Gasteiger partial charge is 0.481 e. The number of nitrogens with one attached hydrogen (secondary N) is 1. The molecule has 1 aromatic heterocycles. The Balaban J connectivity index is 2.03. The third-order valence-corrected chi connectivity index (χ3v) is 3.43. The van der Waals surface area contributed by atoms with Crippen LogP contribution in [0.25, 0.3) is 0 Å². The van der Waals surface area contributed by atoms with E-state index in [9.17, 15) is 9.90 Å². The first-order valence-corrected chi connectivity index (χ1v) is 5.88. The van der Waals surface area contributed by atoms with Crippen molar-refractivity contribution in [3.8, 4) is 0 Å². The summed E-state index contributed by atoms with van der Waals surface area (Å²) in [6.07, 6.45) is 4.98. The highest BCUT2D eigenvalue weighted by molar-refractivity contribution is 5.75. The average molecular weight is 235 g/mol. The summed E-state index contributed by atoms with van der Waals surface area (Å²) in [6.45, 7) is 2.33. The zero-order valence-corrected chi connectivity index (χ0v) is 9.94. The summed E-state index contributed by atoms with van der Waals surface area (Å²) in [7, 11) is 0. The lowest BCUT2D eigenvalue weighted by Crippen LogP contribution is -2.35. The van der Waals surface area contributed by atoms with Gasteiger partial charge in [-0.25, -0.2) is 9.97 Å². The summed E-state index contributed by atoms with van der Waals surface area (Å²) >= 11 is 0. The second-order valence-electron chi connectivity index (χ2n) is 4.69. The van der Waals surface area contributed by atoms with Gasteiger partial charge in [-0.15, -0.1) is 0 Å². The van der Waals surface area contributed by atoms with Crippen molar-refractivity contribution in [2.24, 2.45) is 5.41 Å². The number of carbonyl (C=O) groups is 1. The maximum absolute atomic E-state index is 11.3. The second-order valence-corrected chi connectivity index (χ2v) is 4.69. The van der Waals surface area contributed by atoms with E-state index in [2.05, 4.69) is 15.3 Å². The van der Waals surface area contributed by atoms with Crippen LogP contribution in [0.4, 0.5) is 5.82 Å². The molecule has 0 unspecified atom stereocenters. The van der Waals surface area contributed by atoms with Crippen molar-refractivity contribution >= 4 is 11.8 Å². The van der Waals surface area contributed by atoms with Gasteiger partial charge in [0.15, 0.2) is 0 Å². The van der Waals surface area contributed by atoms with E-state index in [0.29, 0.717) is 12.4 Å². The zero-order valence-electron chi connectivity index (χ0n) is 9.94. The minimum Gasteiger partial charge on any atom is -0.481 e. The highest BCUT2D eigenvalue weighted by Crippen LogP contribution is 2.38. The summed E-state index contributed by atoms with van der Waals surface area (Å²) in [5.41, 5.74) is 0.261. The Morgan fingerprint density at radius 1 is 1.47 bits per heavy atom. The molecule has 5 nitrogen and oxygen atoms in total. The van der Waals surface area contributed by atoms with Gasteiger partial charge in [0.25, 0.3) is 0 Å². The molecule has 1 saturated carbocycles. The zero-order chi connectivity index (χ0) is 12.3. The highest BCUT2D eigenvalue weighted by Gasteiger charge is 2.41. The number of anilines is 1. The Morgan fingerprint density at radius 2 is 2.18 bits per heavy atom. The number of hydrogen-bond acceptors (Lipinski definition) is 4. The molecule has 0 saturated heterocycles. The van der Waals surface area contributed by atoms with Crippen LogP contribution in [0.15, 0.2) is 12.4 Å². The van der Waals surface area contributed by atoms with Crippen molar-refractivity contribution < 1.29 is 9.90 Å². The fourth-order valence-corrected chi connectivity index (χ4v) is 2.33. The van der Waals surface area contributed by atoms with Crippen molar-refractivity contribution in [2.75, 3.05) is 11.9 Å². The molecule has 2 rings (SSSR count). The predicted molar refractivity (Wildman–Crippen MR) is 63.8 cm³/mol. The van der Waals surface area contributed by atoms with Gasteiger partial charge in [0.1, 0.15) is 12.1 Å². The van der Waals surface area contributed by atoms with E-state index in [1.807, 2.05) is 13.0 Å². The first-order chi connectivity index (χ1) is 8.12. The molecule has 0 spiro atoms. The molecule has 5 heteroatoms. The molecule has 1 fully saturated rings. The van der Waals surface area contributed by atoms with E-state index in [-0.39, 0.29) is 0 Å². The second kappa shape index (κ2) is 4.69. The summed E-state index contributed by atoms with van der Waals surface area (Å²) in [5, 5.41) is 12.4. The molecule has 0 amide bonds. The molecule has 1 aromatic rings. The third-order valence-electron chi connectivity index (χ3n) is 3.43. The van der Waals surface area contributed by atoms with Crippen molar-refractivity contribution in [3.63, 3.8) is 0 Å². The molecule has 17 heavy (non-hydrogen) atoms. The number of aromatic nitrogens is 2. The predicted octanol–water partition coefficient (Wildman–Crippen LogP) is 1.84. The van der Waals surface area contributed by atoms with Crippen LogP contribution in [-0.4, -0.2) is 27.6 Å². The minimum absolute atomic E-state index is 0.443. The summed E-state index contributed by atoms with van der Waals surface area (Å²) in [6, 6.07) is 1.82. The van der Waals surface area contributed by atoms with Crippen molar-refractivity contribution in [2.45, 2.75) is 32.6 Å². The first-order valence-electron chi connectivity index (χ1n) is 5.88. The molecule has 92 valence electrons. The van der Waals surface area contributed by atoms with Gasteiger partial charge in [-0.2, -0.15) is 0 Å². The van der Waals surface area contributed by atoms with Crippen molar-refractivity contribution in [1.29, 1.82) is 0 Å². The number of rotatable bonds is 4. The van der Waals surface area contributed by atoms with Crippen LogP contribution in [0.3, 0.4) is 0 Å². The van der Waals surface area contributed by atoms with Crippen LogP contribution < -0.4 is 5.32 Å². The van der Waals surface area contributed by atoms with Gasteiger partial charge in [-0.05, 0) is 19.8 Å². The lowest BCUT2D eigenvalue weighted by atomic mass is 9.86. The van der Waals surface area contributed by atoms with Crippen LogP contribution in [-0.2, 0) is 4.79 Å². The van der Waals surface area contributed by atoms with Gasteiger partial charge in [0, 0.05) is 18.3 Å². The molecule has 0 radical (unpaired) electrons. The Hall–Kier alpha value is -1.65. The number of hydrogen-bond donors (Lipinski definition) is 2. The van der Waals surface area contributed by atoms with E-state index in [4.69, 9.17) is 0 Å². The van der Waals surface area contributed by atoms with Gasteiger partial charge in [0.05, 0.1) is 5.41 Å². The molecular weight excluding hydrogens is 218 g/mol. The molecule has 0 aliphatic heterocycles. The quantitative estimate of drug-likeness (QED) is 0.832. The molecule has 2 N–H and O–H groups in total. The molecule has 0 bridgehead atoms. The summed E-state index contributed by atoms with van der Waals surface area (Å²) in [4.78, 5) is 19.4. The van der Waals surface area contributed by atoms with E-state index in [1.54, 1.807) is 0 Å². The smallest absolute Gasteiger partial charge is 0.311 e. The Morgan fingerprint density at radius 3 is 2.76 bits per heavy atom. The molecule has 0 aromatic carbocycles. The fraction of sp³-hybridized carbons (Fsp3) is 0.583. The molecular formula is C12H17N3O2. The molecule has 1 heterocycles. The topological polar surface area (TPSA) is 75.1 Å². The van der Waals surface area contributed by atoms with Crippen LogP contribution in [0.1, 0.15) is 31.4 Å². The fourth-order valence-electron chi connectivity index (χ4n) is 2.33. The van der Waals surface area contributed by atoms with Crippen LogP contribution >= 0.6 is 0 Å². The SMILES string of the molecule is Cc1cc(NCC2(C(=O)O)CCCC2)ncn1. The highest BCUT2D eigenvalue weighted by atomic mass is 16.4. The van der Waals surface area contributed by atoms with Crippen LogP contribution in [0.5, 0.6) is 0 Å². The van der Waals surface area contributed by atoms with Gasteiger partial charge >= 0.3 is 5.97 Å². The molecule has 0 atom stereocenters. The number of aliphatic carboxylic acids is 1. The normalized spacial score (nSPS) is 17.9. The number of carboxylic acid groups (broad SMARTS) is 1. The van der Waals surface area contributed by atoms with Gasteiger partial charge in [-0.3, -0.25) is 4.79 Å². The van der Waals surface area contributed by atoms with E-state index >= 15 is 0 Å². The van der Waals surface area contributed by atoms with E-state index in [0.717, 1.165) is 31.4 Å². The third kappa shape index (κ3) is 2.54. The van der Waals surface area contributed by atoms with Crippen molar-refractivity contribution in [1.82, 2.24) is 9.97 Å². The Bertz CT molecular complexity index is 414. The average Bonchev–Trinajstić information content (AvgIpc) is 2.76. The maximum atomic E-state index is 11.3. The number of nitrogens with zero attached hydrogens (tertiary/aromatic N) is 2. The molecule has 1 aliphatic carbocycles. The monoisotopic (exact) mass is 235 g/mol. The van der Waals surface area contributed by atoms with Crippen LogP contribution in [0, 0.1) is 12.3 Å².